The molecular formula is C11H17NO2. The Kier molecular flexibility index (Phi) is 3.09. The molecule has 1 rings (SSSR count). The van der Waals surface area contributed by atoms with Crippen LogP contribution in [0, 0.1) is 5.41 Å². The molecule has 1 aliphatic rings. The largest absolute Gasteiger partial charge is 0.465 e. The first-order chi connectivity index (χ1) is 6.56. The van der Waals surface area contributed by atoms with Gasteiger partial charge in [-0.1, -0.05) is 6.92 Å². The maximum atomic E-state index is 11.7. The van der Waals surface area contributed by atoms with Crippen molar-refractivity contribution in [3.8, 4) is 0 Å². The molecule has 0 aromatic heterocycles. The molecule has 0 aromatic rings. The lowest BCUT2D eigenvalue weighted by molar-refractivity contribution is -0.148. The summed E-state index contributed by atoms with van der Waals surface area (Å²) in [6.07, 6.45) is 2.53. The minimum atomic E-state index is -0.630. The molecule has 1 aliphatic heterocycles. The van der Waals surface area contributed by atoms with Crippen molar-refractivity contribution in [3.05, 3.63) is 11.3 Å². The van der Waals surface area contributed by atoms with Gasteiger partial charge in [-0.05, 0) is 32.8 Å². The highest BCUT2D eigenvalue weighted by atomic mass is 16.5. The van der Waals surface area contributed by atoms with Gasteiger partial charge in [0.2, 0.25) is 0 Å². The number of hydrogen-bond donors (Lipinski definition) is 0. The van der Waals surface area contributed by atoms with Crippen LogP contribution in [0.2, 0.25) is 0 Å². The Hall–Kier alpha value is -1.12. The summed E-state index contributed by atoms with van der Waals surface area (Å²) in [5, 5.41) is 0. The fraction of sp³-hybridized carbons (Fsp3) is 0.636. The molecule has 14 heavy (non-hydrogen) atoms. The van der Waals surface area contributed by atoms with Crippen molar-refractivity contribution < 1.29 is 9.53 Å². The zero-order valence-electron chi connectivity index (χ0n) is 9.26. The van der Waals surface area contributed by atoms with E-state index in [1.165, 1.54) is 0 Å². The molecule has 0 aliphatic carbocycles. The van der Waals surface area contributed by atoms with Crippen molar-refractivity contribution >= 4 is 12.2 Å². The summed E-state index contributed by atoms with van der Waals surface area (Å²) in [5.74, 6) is -0.197. The van der Waals surface area contributed by atoms with Gasteiger partial charge >= 0.3 is 5.97 Å². The molecule has 0 radical (unpaired) electrons. The van der Waals surface area contributed by atoms with E-state index in [0.29, 0.717) is 6.61 Å². The number of aliphatic imine (C=N–C) groups is 1. The van der Waals surface area contributed by atoms with E-state index in [0.717, 1.165) is 17.7 Å². The van der Waals surface area contributed by atoms with Gasteiger partial charge in [0.15, 0.2) is 0 Å². The van der Waals surface area contributed by atoms with Gasteiger partial charge in [0.05, 0.1) is 6.61 Å². The van der Waals surface area contributed by atoms with E-state index in [2.05, 4.69) is 4.99 Å². The Morgan fingerprint density at radius 3 is 2.71 bits per heavy atom. The summed E-state index contributed by atoms with van der Waals surface area (Å²) in [6, 6.07) is 0. The highest BCUT2D eigenvalue weighted by Crippen LogP contribution is 2.36. The molecule has 0 saturated carbocycles. The predicted molar refractivity (Wildman–Crippen MR) is 56.2 cm³/mol. The fourth-order valence-corrected chi connectivity index (χ4v) is 1.84. The van der Waals surface area contributed by atoms with Gasteiger partial charge in [0, 0.05) is 11.9 Å². The zero-order chi connectivity index (χ0) is 10.8. The van der Waals surface area contributed by atoms with Crippen LogP contribution >= 0.6 is 0 Å². The van der Waals surface area contributed by atoms with Gasteiger partial charge in [-0.15, -0.1) is 0 Å². The topological polar surface area (TPSA) is 38.7 Å². The van der Waals surface area contributed by atoms with Gasteiger partial charge < -0.3 is 4.74 Å². The van der Waals surface area contributed by atoms with Crippen molar-refractivity contribution in [2.45, 2.75) is 34.1 Å². The van der Waals surface area contributed by atoms with Crippen LogP contribution in [0.4, 0.5) is 0 Å². The van der Waals surface area contributed by atoms with E-state index in [9.17, 15) is 4.79 Å². The molecule has 1 atom stereocenters. The van der Waals surface area contributed by atoms with Crippen molar-refractivity contribution in [2.75, 3.05) is 6.61 Å². The molecule has 1 heterocycles. The highest BCUT2D eigenvalue weighted by molar-refractivity contribution is 6.00. The molecule has 0 aromatic carbocycles. The summed E-state index contributed by atoms with van der Waals surface area (Å²) < 4.78 is 5.04. The molecular weight excluding hydrogens is 178 g/mol. The molecule has 1 unspecified atom stereocenters. The summed E-state index contributed by atoms with van der Waals surface area (Å²) in [5.41, 5.74) is 1.38. The molecule has 0 N–H and O–H groups in total. The van der Waals surface area contributed by atoms with E-state index >= 15 is 0 Å². The normalized spacial score (nSPS) is 25.7. The maximum Gasteiger partial charge on any atom is 0.321 e. The quantitative estimate of drug-likeness (QED) is 0.648. The Balaban J connectivity index is 2.96. The summed E-state index contributed by atoms with van der Waals surface area (Å²) in [7, 11) is 0. The summed E-state index contributed by atoms with van der Waals surface area (Å²) in [4.78, 5) is 15.9. The van der Waals surface area contributed by atoms with Gasteiger partial charge in [-0.3, -0.25) is 9.79 Å². The summed E-state index contributed by atoms with van der Waals surface area (Å²) in [6.45, 7) is 8.06. The van der Waals surface area contributed by atoms with Crippen molar-refractivity contribution in [1.29, 1.82) is 0 Å². The Labute approximate surface area is 84.9 Å². The lowest BCUT2D eigenvalue weighted by atomic mass is 9.82. The lowest BCUT2D eigenvalue weighted by Gasteiger charge is -2.22. The van der Waals surface area contributed by atoms with Crippen LogP contribution in [0.1, 0.15) is 34.1 Å². The Morgan fingerprint density at radius 2 is 2.21 bits per heavy atom. The van der Waals surface area contributed by atoms with Gasteiger partial charge in [-0.2, -0.15) is 0 Å². The molecule has 0 saturated heterocycles. The first kappa shape index (κ1) is 11.0. The van der Waals surface area contributed by atoms with Crippen LogP contribution < -0.4 is 0 Å². The molecule has 0 amide bonds. The molecule has 78 valence electrons. The summed E-state index contributed by atoms with van der Waals surface area (Å²) >= 11 is 0. The number of rotatable bonds is 3. The standard InChI is InChI=1S/C11H17NO2/c1-5-9-8(3)12-7-11(9,4)10(13)14-6-2/h7H,5-6H2,1-4H3. The average Bonchev–Trinajstić information content (AvgIpc) is 2.44. The van der Waals surface area contributed by atoms with Crippen LogP contribution in [-0.4, -0.2) is 18.8 Å². The van der Waals surface area contributed by atoms with Crippen molar-refractivity contribution in [2.24, 2.45) is 10.4 Å². The van der Waals surface area contributed by atoms with Crippen molar-refractivity contribution in [3.63, 3.8) is 0 Å². The fourth-order valence-electron chi connectivity index (χ4n) is 1.84. The third-order valence-electron chi connectivity index (χ3n) is 2.63. The number of hydrogen-bond acceptors (Lipinski definition) is 3. The molecule has 3 nitrogen and oxygen atoms in total. The third-order valence-corrected chi connectivity index (χ3v) is 2.63. The number of ether oxygens (including phenoxy) is 1. The van der Waals surface area contributed by atoms with E-state index in [-0.39, 0.29) is 5.97 Å². The molecule has 0 fully saturated rings. The minimum Gasteiger partial charge on any atom is -0.465 e. The molecule has 0 spiro atoms. The smallest absolute Gasteiger partial charge is 0.321 e. The van der Waals surface area contributed by atoms with E-state index in [4.69, 9.17) is 4.74 Å². The van der Waals surface area contributed by atoms with E-state index in [1.54, 1.807) is 6.21 Å². The first-order valence-corrected chi connectivity index (χ1v) is 4.99. The highest BCUT2D eigenvalue weighted by Gasteiger charge is 2.40. The predicted octanol–water partition coefficient (Wildman–Crippen LogP) is 2.32. The van der Waals surface area contributed by atoms with Crippen LogP contribution in [0.5, 0.6) is 0 Å². The SMILES string of the molecule is CCOC(=O)C1(C)C=NC(C)=C1CC. The van der Waals surface area contributed by atoms with Crippen LogP contribution in [0.25, 0.3) is 0 Å². The average molecular weight is 195 g/mol. The second kappa shape index (κ2) is 3.95. The van der Waals surface area contributed by atoms with E-state index in [1.807, 2.05) is 27.7 Å². The first-order valence-electron chi connectivity index (χ1n) is 4.99. The van der Waals surface area contributed by atoms with Crippen LogP contribution in [0.15, 0.2) is 16.3 Å². The van der Waals surface area contributed by atoms with Crippen molar-refractivity contribution in [1.82, 2.24) is 0 Å². The maximum absolute atomic E-state index is 11.7. The van der Waals surface area contributed by atoms with Crippen LogP contribution in [-0.2, 0) is 9.53 Å². The number of carbonyl (C=O) groups is 1. The second-order valence-corrected chi connectivity index (χ2v) is 3.60. The van der Waals surface area contributed by atoms with Gasteiger partial charge in [0.1, 0.15) is 5.41 Å². The number of allylic oxidation sites excluding steroid dienone is 1. The zero-order valence-corrected chi connectivity index (χ0v) is 9.26. The number of esters is 1. The molecule has 3 heteroatoms. The minimum absolute atomic E-state index is 0.197. The second-order valence-electron chi connectivity index (χ2n) is 3.60. The Morgan fingerprint density at radius 1 is 1.57 bits per heavy atom. The third kappa shape index (κ3) is 1.59. The van der Waals surface area contributed by atoms with E-state index < -0.39 is 5.41 Å². The number of carbonyl (C=O) groups excluding carboxylic acids is 1. The van der Waals surface area contributed by atoms with Gasteiger partial charge in [-0.25, -0.2) is 0 Å². The molecule has 0 bridgehead atoms. The van der Waals surface area contributed by atoms with Crippen LogP contribution in [0.3, 0.4) is 0 Å². The van der Waals surface area contributed by atoms with Gasteiger partial charge in [0.25, 0.3) is 0 Å². The number of nitrogens with zero attached hydrogens (tertiary/aromatic N) is 1. The monoisotopic (exact) mass is 195 g/mol. The Bertz CT molecular complexity index is 304. The lowest BCUT2D eigenvalue weighted by Crippen LogP contribution is -2.31.